The highest BCUT2D eigenvalue weighted by Gasteiger charge is 2.03. The summed E-state index contributed by atoms with van der Waals surface area (Å²) in [6.45, 7) is 11.1. The van der Waals surface area contributed by atoms with Gasteiger partial charge in [0.25, 0.3) is 0 Å². The van der Waals surface area contributed by atoms with Gasteiger partial charge < -0.3 is 5.32 Å². The lowest BCUT2D eigenvalue weighted by Crippen LogP contribution is -2.15. The SMILES string of the molecule is C=C/N=C\C(CCc1cccc(C)n1)=C(/C)NCCCCC. The van der Waals surface area contributed by atoms with E-state index in [1.165, 1.54) is 30.5 Å². The van der Waals surface area contributed by atoms with Crippen molar-refractivity contribution in [1.82, 2.24) is 10.3 Å². The molecule has 22 heavy (non-hydrogen) atoms. The Morgan fingerprint density at radius 2 is 2.18 bits per heavy atom. The Morgan fingerprint density at radius 1 is 1.36 bits per heavy atom. The van der Waals surface area contributed by atoms with Crippen molar-refractivity contribution in [2.75, 3.05) is 6.54 Å². The van der Waals surface area contributed by atoms with E-state index in [4.69, 9.17) is 0 Å². The summed E-state index contributed by atoms with van der Waals surface area (Å²) in [5, 5.41) is 3.51. The molecule has 1 N–H and O–H groups in total. The summed E-state index contributed by atoms with van der Waals surface area (Å²) < 4.78 is 0. The molecule has 0 aliphatic rings. The largest absolute Gasteiger partial charge is 0.388 e. The van der Waals surface area contributed by atoms with Crippen LogP contribution >= 0.6 is 0 Å². The van der Waals surface area contributed by atoms with Crippen molar-refractivity contribution in [3.63, 3.8) is 0 Å². The first-order chi connectivity index (χ1) is 10.7. The Morgan fingerprint density at radius 3 is 2.86 bits per heavy atom. The van der Waals surface area contributed by atoms with Crippen LogP contribution in [0.5, 0.6) is 0 Å². The second-order valence-electron chi connectivity index (χ2n) is 5.52. The van der Waals surface area contributed by atoms with Crippen molar-refractivity contribution < 1.29 is 0 Å². The third-order valence-corrected chi connectivity index (χ3v) is 3.58. The van der Waals surface area contributed by atoms with E-state index < -0.39 is 0 Å². The molecule has 1 aromatic heterocycles. The van der Waals surface area contributed by atoms with Crippen LogP contribution in [-0.2, 0) is 6.42 Å². The molecule has 0 amide bonds. The average molecular weight is 299 g/mol. The third kappa shape index (κ3) is 7.21. The predicted octanol–water partition coefficient (Wildman–Crippen LogP) is 4.59. The van der Waals surface area contributed by atoms with Crippen molar-refractivity contribution in [3.8, 4) is 0 Å². The molecule has 120 valence electrons. The highest BCUT2D eigenvalue weighted by atomic mass is 14.9. The molecule has 1 heterocycles. The Balaban J connectivity index is 2.66. The topological polar surface area (TPSA) is 37.3 Å². The van der Waals surface area contributed by atoms with Gasteiger partial charge in [-0.1, -0.05) is 32.4 Å². The first-order valence-corrected chi connectivity index (χ1v) is 8.17. The van der Waals surface area contributed by atoms with Gasteiger partial charge in [-0.3, -0.25) is 9.98 Å². The second kappa shape index (κ2) is 10.8. The van der Waals surface area contributed by atoms with Gasteiger partial charge in [0.2, 0.25) is 0 Å². The molecule has 0 unspecified atom stereocenters. The number of nitrogens with zero attached hydrogens (tertiary/aromatic N) is 2. The van der Waals surface area contributed by atoms with Gasteiger partial charge in [-0.2, -0.15) is 0 Å². The number of aliphatic imine (C=N–C) groups is 1. The Hall–Kier alpha value is -1.90. The lowest BCUT2D eigenvalue weighted by atomic mass is 10.1. The van der Waals surface area contributed by atoms with E-state index in [1.807, 2.05) is 19.2 Å². The summed E-state index contributed by atoms with van der Waals surface area (Å²) in [6.07, 6.45) is 9.06. The minimum atomic E-state index is 0.925. The maximum Gasteiger partial charge on any atom is 0.0410 e. The number of pyridine rings is 1. The second-order valence-corrected chi connectivity index (χ2v) is 5.52. The molecule has 0 atom stereocenters. The number of aryl methyl sites for hydroxylation is 2. The quantitative estimate of drug-likeness (QED) is 0.507. The van der Waals surface area contributed by atoms with Crippen molar-refractivity contribution in [3.05, 3.63) is 53.6 Å². The molecule has 0 bridgehead atoms. The summed E-state index contributed by atoms with van der Waals surface area (Å²) >= 11 is 0. The monoisotopic (exact) mass is 299 g/mol. The van der Waals surface area contributed by atoms with E-state index in [0.29, 0.717) is 0 Å². The number of unbranched alkanes of at least 4 members (excludes halogenated alkanes) is 2. The van der Waals surface area contributed by atoms with Gasteiger partial charge >= 0.3 is 0 Å². The summed E-state index contributed by atoms with van der Waals surface area (Å²) in [6, 6.07) is 6.17. The molecule has 0 aromatic carbocycles. The lowest BCUT2D eigenvalue weighted by Gasteiger charge is -2.11. The Labute approximate surface area is 135 Å². The molecule has 0 aliphatic heterocycles. The maximum atomic E-state index is 4.56. The van der Waals surface area contributed by atoms with Crippen molar-refractivity contribution in [1.29, 1.82) is 0 Å². The molecule has 1 aromatic rings. The van der Waals surface area contributed by atoms with E-state index in [1.54, 1.807) is 6.20 Å². The van der Waals surface area contributed by atoms with Crippen molar-refractivity contribution in [2.45, 2.75) is 52.9 Å². The van der Waals surface area contributed by atoms with Crippen LogP contribution in [0.4, 0.5) is 0 Å². The Kier molecular flexibility index (Phi) is 8.89. The molecular formula is C19H29N3. The van der Waals surface area contributed by atoms with Gasteiger partial charge in [0.05, 0.1) is 0 Å². The van der Waals surface area contributed by atoms with E-state index in [2.05, 4.69) is 47.9 Å². The van der Waals surface area contributed by atoms with Crippen LogP contribution < -0.4 is 5.32 Å². The van der Waals surface area contributed by atoms with Gasteiger partial charge in [-0.15, -0.1) is 0 Å². The lowest BCUT2D eigenvalue weighted by molar-refractivity contribution is 0.663. The minimum Gasteiger partial charge on any atom is -0.388 e. The van der Waals surface area contributed by atoms with Crippen LogP contribution in [0.3, 0.4) is 0 Å². The zero-order chi connectivity index (χ0) is 16.2. The van der Waals surface area contributed by atoms with E-state index in [9.17, 15) is 0 Å². The van der Waals surface area contributed by atoms with Gasteiger partial charge in [-0.25, -0.2) is 0 Å². The van der Waals surface area contributed by atoms with Crippen LogP contribution in [0.2, 0.25) is 0 Å². The van der Waals surface area contributed by atoms with E-state index in [0.717, 1.165) is 30.8 Å². The molecule has 3 nitrogen and oxygen atoms in total. The van der Waals surface area contributed by atoms with E-state index in [-0.39, 0.29) is 0 Å². The number of hydrogen-bond acceptors (Lipinski definition) is 3. The summed E-state index contributed by atoms with van der Waals surface area (Å²) in [4.78, 5) is 8.75. The van der Waals surface area contributed by atoms with E-state index >= 15 is 0 Å². The zero-order valence-corrected chi connectivity index (χ0v) is 14.2. The number of allylic oxidation sites excluding steroid dienone is 2. The molecule has 0 fully saturated rings. The predicted molar refractivity (Wildman–Crippen MR) is 96.2 cm³/mol. The maximum absolute atomic E-state index is 4.56. The highest BCUT2D eigenvalue weighted by molar-refractivity contribution is 5.79. The van der Waals surface area contributed by atoms with Gasteiger partial charge in [-0.05, 0) is 50.8 Å². The van der Waals surface area contributed by atoms with Crippen LogP contribution in [-0.4, -0.2) is 17.7 Å². The molecule has 3 heteroatoms. The van der Waals surface area contributed by atoms with Gasteiger partial charge in [0.15, 0.2) is 0 Å². The van der Waals surface area contributed by atoms with Gasteiger partial charge in [0, 0.05) is 36.0 Å². The smallest absolute Gasteiger partial charge is 0.0410 e. The molecule has 0 spiro atoms. The fourth-order valence-electron chi connectivity index (χ4n) is 2.26. The summed E-state index contributed by atoms with van der Waals surface area (Å²) in [5.74, 6) is 0. The van der Waals surface area contributed by atoms with Crippen molar-refractivity contribution >= 4 is 6.21 Å². The summed E-state index contributed by atoms with van der Waals surface area (Å²) in [5.41, 5.74) is 4.62. The highest BCUT2D eigenvalue weighted by Crippen LogP contribution is 2.10. The normalized spacial score (nSPS) is 12.3. The fraction of sp³-hybridized carbons (Fsp3) is 0.474. The van der Waals surface area contributed by atoms with Crippen LogP contribution in [0, 0.1) is 6.92 Å². The fourth-order valence-corrected chi connectivity index (χ4v) is 2.26. The van der Waals surface area contributed by atoms with Gasteiger partial charge in [0.1, 0.15) is 0 Å². The molecule has 0 saturated carbocycles. The third-order valence-electron chi connectivity index (χ3n) is 3.58. The standard InChI is InChI=1S/C19H29N3/c1-5-7-8-14-21-17(4)18(15-20-6-2)12-13-19-11-9-10-16(3)22-19/h6,9-11,15,21H,2,5,7-8,12-14H2,1,3-4H3/b18-17+,20-15-. The van der Waals surface area contributed by atoms with Crippen molar-refractivity contribution in [2.24, 2.45) is 4.99 Å². The number of rotatable bonds is 10. The Bertz CT molecular complexity index is 515. The molecular weight excluding hydrogens is 270 g/mol. The zero-order valence-electron chi connectivity index (χ0n) is 14.2. The molecule has 0 radical (unpaired) electrons. The van der Waals surface area contributed by atoms with Crippen LogP contribution in [0.25, 0.3) is 0 Å². The molecule has 0 aliphatic carbocycles. The first kappa shape index (κ1) is 18.1. The molecule has 1 rings (SSSR count). The minimum absolute atomic E-state index is 0.925. The first-order valence-electron chi connectivity index (χ1n) is 8.17. The number of hydrogen-bond donors (Lipinski definition) is 1. The summed E-state index contributed by atoms with van der Waals surface area (Å²) in [7, 11) is 0. The average Bonchev–Trinajstić information content (AvgIpc) is 2.51. The number of aromatic nitrogens is 1. The number of nitrogens with one attached hydrogen (secondary N) is 1. The van der Waals surface area contributed by atoms with Crippen LogP contribution in [0.15, 0.2) is 47.2 Å². The molecule has 0 saturated heterocycles. The van der Waals surface area contributed by atoms with Crippen LogP contribution in [0.1, 0.15) is 50.9 Å².